The highest BCUT2D eigenvalue weighted by Gasteiger charge is 2.17. The van der Waals surface area contributed by atoms with E-state index in [1.54, 1.807) is 18.6 Å². The Labute approximate surface area is 123 Å². The standard InChI is InChI=1S/C13H18N4O3S/c1-20-11-3-4-13(12(14)9-11)21(18,19)16-5-2-7-17-8-6-15-10-17/h3-4,6,8-10,16H,2,5,7,14H2,1H3. The lowest BCUT2D eigenvalue weighted by atomic mass is 10.3. The summed E-state index contributed by atoms with van der Waals surface area (Å²) in [6, 6.07) is 4.49. The molecule has 0 aliphatic rings. The van der Waals surface area contributed by atoms with Gasteiger partial charge in [-0.3, -0.25) is 0 Å². The van der Waals surface area contributed by atoms with Gasteiger partial charge < -0.3 is 15.0 Å². The zero-order valence-corrected chi connectivity index (χ0v) is 12.5. The van der Waals surface area contributed by atoms with E-state index in [4.69, 9.17) is 10.5 Å². The number of sulfonamides is 1. The maximum atomic E-state index is 12.2. The van der Waals surface area contributed by atoms with E-state index in [2.05, 4.69) is 9.71 Å². The Balaban J connectivity index is 1.95. The zero-order chi connectivity index (χ0) is 15.3. The molecule has 2 rings (SSSR count). The monoisotopic (exact) mass is 310 g/mol. The summed E-state index contributed by atoms with van der Waals surface area (Å²) in [5.74, 6) is 0.520. The molecule has 0 aliphatic carbocycles. The second-order valence-corrected chi connectivity index (χ2v) is 6.19. The fraction of sp³-hybridized carbons (Fsp3) is 0.308. The molecule has 21 heavy (non-hydrogen) atoms. The van der Waals surface area contributed by atoms with E-state index in [9.17, 15) is 8.42 Å². The van der Waals surface area contributed by atoms with Gasteiger partial charge in [-0.15, -0.1) is 0 Å². The summed E-state index contributed by atoms with van der Waals surface area (Å²) in [5, 5.41) is 0. The first kappa shape index (κ1) is 15.3. The fourth-order valence-electron chi connectivity index (χ4n) is 1.86. The third-order valence-electron chi connectivity index (χ3n) is 2.95. The second kappa shape index (κ2) is 6.59. The van der Waals surface area contributed by atoms with Crippen LogP contribution in [0.1, 0.15) is 6.42 Å². The quantitative estimate of drug-likeness (QED) is 0.583. The molecule has 114 valence electrons. The molecule has 7 nitrogen and oxygen atoms in total. The number of nitrogens with one attached hydrogen (secondary N) is 1. The summed E-state index contributed by atoms with van der Waals surface area (Å²) in [5.41, 5.74) is 5.92. The molecule has 8 heteroatoms. The van der Waals surface area contributed by atoms with Gasteiger partial charge >= 0.3 is 0 Å². The lowest BCUT2D eigenvalue weighted by Gasteiger charge is -2.10. The Morgan fingerprint density at radius 3 is 2.86 bits per heavy atom. The van der Waals surface area contributed by atoms with Gasteiger partial charge in [0.1, 0.15) is 10.6 Å². The molecule has 1 heterocycles. The summed E-state index contributed by atoms with van der Waals surface area (Å²) in [4.78, 5) is 3.98. The molecule has 0 amide bonds. The van der Waals surface area contributed by atoms with Crippen molar-refractivity contribution in [3.05, 3.63) is 36.9 Å². The van der Waals surface area contributed by atoms with Gasteiger partial charge in [0.25, 0.3) is 0 Å². The number of anilines is 1. The Morgan fingerprint density at radius 1 is 1.43 bits per heavy atom. The van der Waals surface area contributed by atoms with Crippen LogP contribution >= 0.6 is 0 Å². The second-order valence-electron chi connectivity index (χ2n) is 4.46. The molecule has 0 saturated carbocycles. The highest BCUT2D eigenvalue weighted by atomic mass is 32.2. The van der Waals surface area contributed by atoms with Crippen LogP contribution in [0.15, 0.2) is 41.8 Å². The number of ether oxygens (including phenoxy) is 1. The SMILES string of the molecule is COc1ccc(S(=O)(=O)NCCCn2ccnc2)c(N)c1. The van der Waals surface area contributed by atoms with Crippen LogP contribution in [0.5, 0.6) is 5.75 Å². The first-order valence-corrected chi connectivity index (χ1v) is 7.90. The molecule has 0 unspecified atom stereocenters. The first-order valence-electron chi connectivity index (χ1n) is 6.42. The van der Waals surface area contributed by atoms with Crippen molar-refractivity contribution in [2.45, 2.75) is 17.9 Å². The van der Waals surface area contributed by atoms with Crippen LogP contribution in [0.4, 0.5) is 5.69 Å². The number of nitrogens with two attached hydrogens (primary N) is 1. The van der Waals surface area contributed by atoms with Crippen LogP contribution in [0.25, 0.3) is 0 Å². The molecular formula is C13H18N4O3S. The van der Waals surface area contributed by atoms with E-state index in [1.165, 1.54) is 19.2 Å². The Bertz CT molecular complexity index is 683. The third-order valence-corrected chi connectivity index (χ3v) is 4.49. The van der Waals surface area contributed by atoms with Crippen molar-refractivity contribution >= 4 is 15.7 Å². The van der Waals surface area contributed by atoms with Crippen molar-refractivity contribution in [2.75, 3.05) is 19.4 Å². The molecule has 1 aromatic heterocycles. The van der Waals surface area contributed by atoms with Crippen molar-refractivity contribution in [1.82, 2.24) is 14.3 Å². The number of hydrogen-bond acceptors (Lipinski definition) is 5. The molecule has 0 spiro atoms. The molecule has 0 fully saturated rings. The van der Waals surface area contributed by atoms with E-state index >= 15 is 0 Å². The first-order chi connectivity index (χ1) is 10.0. The maximum absolute atomic E-state index is 12.2. The van der Waals surface area contributed by atoms with Crippen LogP contribution < -0.4 is 15.2 Å². The number of aryl methyl sites for hydroxylation is 1. The average molecular weight is 310 g/mol. The fourth-order valence-corrected chi connectivity index (χ4v) is 3.05. The van der Waals surface area contributed by atoms with Crippen molar-refractivity contribution < 1.29 is 13.2 Å². The van der Waals surface area contributed by atoms with Gasteiger partial charge in [0.15, 0.2) is 0 Å². The number of nitrogens with zero attached hydrogens (tertiary/aromatic N) is 2. The van der Waals surface area contributed by atoms with E-state index < -0.39 is 10.0 Å². The molecule has 0 aliphatic heterocycles. The smallest absolute Gasteiger partial charge is 0.242 e. The lowest BCUT2D eigenvalue weighted by molar-refractivity contribution is 0.414. The number of hydrogen-bond donors (Lipinski definition) is 2. The highest BCUT2D eigenvalue weighted by Crippen LogP contribution is 2.23. The molecular weight excluding hydrogens is 292 g/mol. The van der Waals surface area contributed by atoms with Gasteiger partial charge in [-0.1, -0.05) is 0 Å². The summed E-state index contributed by atoms with van der Waals surface area (Å²) < 4.78 is 33.7. The summed E-state index contributed by atoms with van der Waals surface area (Å²) in [6.45, 7) is 1.02. The van der Waals surface area contributed by atoms with Gasteiger partial charge in [0.05, 0.1) is 19.1 Å². The topological polar surface area (TPSA) is 99.2 Å². The van der Waals surface area contributed by atoms with Gasteiger partial charge in [-0.2, -0.15) is 0 Å². The van der Waals surface area contributed by atoms with Gasteiger partial charge in [0, 0.05) is 31.5 Å². The number of nitrogen functional groups attached to an aromatic ring is 1. The zero-order valence-electron chi connectivity index (χ0n) is 11.7. The van der Waals surface area contributed by atoms with Crippen LogP contribution in [0.2, 0.25) is 0 Å². The number of imidazole rings is 1. The average Bonchev–Trinajstić information content (AvgIpc) is 2.96. The van der Waals surface area contributed by atoms with Crippen molar-refractivity contribution in [3.8, 4) is 5.75 Å². The molecule has 3 N–H and O–H groups in total. The molecule has 0 radical (unpaired) electrons. The Morgan fingerprint density at radius 2 is 2.24 bits per heavy atom. The molecule has 0 atom stereocenters. The Hall–Kier alpha value is -2.06. The summed E-state index contributed by atoms with van der Waals surface area (Å²) in [6.07, 6.45) is 5.86. The molecule has 0 saturated heterocycles. The van der Waals surface area contributed by atoms with Crippen LogP contribution in [0.3, 0.4) is 0 Å². The van der Waals surface area contributed by atoms with Crippen molar-refractivity contribution in [1.29, 1.82) is 0 Å². The van der Waals surface area contributed by atoms with Gasteiger partial charge in [-0.25, -0.2) is 18.1 Å². The van der Waals surface area contributed by atoms with E-state index in [0.29, 0.717) is 25.3 Å². The Kier molecular flexibility index (Phi) is 4.81. The maximum Gasteiger partial charge on any atom is 0.242 e. The summed E-state index contributed by atoms with van der Waals surface area (Å²) >= 11 is 0. The van der Waals surface area contributed by atoms with E-state index in [-0.39, 0.29) is 10.6 Å². The number of benzene rings is 1. The van der Waals surface area contributed by atoms with Crippen molar-refractivity contribution in [3.63, 3.8) is 0 Å². The predicted octanol–water partition coefficient (Wildman–Crippen LogP) is 0.842. The summed E-state index contributed by atoms with van der Waals surface area (Å²) in [7, 11) is -2.12. The predicted molar refractivity (Wildman–Crippen MR) is 79.4 cm³/mol. The molecule has 0 bridgehead atoms. The van der Waals surface area contributed by atoms with Crippen LogP contribution in [-0.2, 0) is 16.6 Å². The minimum atomic E-state index is -3.61. The minimum absolute atomic E-state index is 0.0610. The van der Waals surface area contributed by atoms with Crippen LogP contribution in [-0.4, -0.2) is 31.6 Å². The van der Waals surface area contributed by atoms with Gasteiger partial charge in [-0.05, 0) is 18.6 Å². The lowest BCUT2D eigenvalue weighted by Crippen LogP contribution is -2.26. The normalized spacial score (nSPS) is 11.5. The van der Waals surface area contributed by atoms with E-state index in [1.807, 2.05) is 10.8 Å². The number of methoxy groups -OCH3 is 1. The molecule has 1 aromatic carbocycles. The molecule has 2 aromatic rings. The highest BCUT2D eigenvalue weighted by molar-refractivity contribution is 7.89. The number of aromatic nitrogens is 2. The largest absolute Gasteiger partial charge is 0.497 e. The van der Waals surface area contributed by atoms with Crippen molar-refractivity contribution in [2.24, 2.45) is 0 Å². The number of rotatable bonds is 7. The van der Waals surface area contributed by atoms with Gasteiger partial charge in [0.2, 0.25) is 10.0 Å². The van der Waals surface area contributed by atoms with E-state index in [0.717, 1.165) is 0 Å². The minimum Gasteiger partial charge on any atom is -0.497 e. The third kappa shape index (κ3) is 3.96. The van der Waals surface area contributed by atoms with Crippen LogP contribution in [0, 0.1) is 0 Å².